The van der Waals surface area contributed by atoms with E-state index in [0.29, 0.717) is 17.0 Å². The van der Waals surface area contributed by atoms with Gasteiger partial charge in [0.05, 0.1) is 5.52 Å². The molecule has 0 spiro atoms. The number of nitrogens with zero attached hydrogens (tertiary/aromatic N) is 1. The maximum Gasteiger partial charge on any atom is 0.194 e. The maximum atomic E-state index is 13.1. The number of hydrogen-bond acceptors (Lipinski definition) is 2. The zero-order valence-electron chi connectivity index (χ0n) is 14.9. The Morgan fingerprint density at radius 3 is 2.48 bits per heavy atom. The third-order valence-electron chi connectivity index (χ3n) is 4.66. The first kappa shape index (κ1) is 17.7. The number of aryl methyl sites for hydroxylation is 2. The van der Waals surface area contributed by atoms with E-state index < -0.39 is 0 Å². The molecule has 0 atom stereocenters. The number of rotatable bonds is 5. The van der Waals surface area contributed by atoms with E-state index in [0.717, 1.165) is 35.4 Å². The summed E-state index contributed by atoms with van der Waals surface area (Å²) in [5.74, 6) is 0. The van der Waals surface area contributed by atoms with E-state index in [1.165, 1.54) is 5.56 Å². The molecule has 0 fully saturated rings. The first-order valence-electron chi connectivity index (χ1n) is 8.57. The number of fused-ring (bicyclic) bond motifs is 1. The average molecular weight is 355 g/mol. The molecular formula is C21H23ClN2O. The summed E-state index contributed by atoms with van der Waals surface area (Å²) >= 11 is 6.17. The molecule has 3 nitrogen and oxygen atoms in total. The van der Waals surface area contributed by atoms with E-state index in [4.69, 9.17) is 11.6 Å². The lowest BCUT2D eigenvalue weighted by atomic mass is 10.0. The van der Waals surface area contributed by atoms with Crippen LogP contribution in [0.25, 0.3) is 10.9 Å². The summed E-state index contributed by atoms with van der Waals surface area (Å²) in [7, 11) is 0. The molecule has 0 unspecified atom stereocenters. The number of hydrogen-bond donors (Lipinski definition) is 1. The summed E-state index contributed by atoms with van der Waals surface area (Å²) in [5.41, 5.74) is 4.93. The van der Waals surface area contributed by atoms with Gasteiger partial charge in [-0.15, -0.1) is 0 Å². The van der Waals surface area contributed by atoms with E-state index in [2.05, 4.69) is 28.9 Å². The number of H-pyrrole nitrogens is 1. The fourth-order valence-corrected chi connectivity index (χ4v) is 3.49. The number of benzene rings is 2. The smallest absolute Gasteiger partial charge is 0.194 e. The van der Waals surface area contributed by atoms with Crippen LogP contribution in [0, 0.1) is 13.8 Å². The molecule has 1 heterocycles. The van der Waals surface area contributed by atoms with Gasteiger partial charge in [-0.05, 0) is 43.7 Å². The van der Waals surface area contributed by atoms with Crippen LogP contribution in [0.3, 0.4) is 0 Å². The molecule has 0 saturated carbocycles. The van der Waals surface area contributed by atoms with Crippen molar-refractivity contribution >= 4 is 22.5 Å². The second kappa shape index (κ2) is 7.42. The average Bonchev–Trinajstić information content (AvgIpc) is 2.59. The predicted molar refractivity (Wildman–Crippen MR) is 105 cm³/mol. The van der Waals surface area contributed by atoms with Crippen LogP contribution >= 0.6 is 11.6 Å². The largest absolute Gasteiger partial charge is 0.358 e. The van der Waals surface area contributed by atoms with Gasteiger partial charge < -0.3 is 4.98 Å². The minimum atomic E-state index is 0.0726. The monoisotopic (exact) mass is 354 g/mol. The summed E-state index contributed by atoms with van der Waals surface area (Å²) in [6, 6.07) is 14.0. The minimum absolute atomic E-state index is 0.0726. The van der Waals surface area contributed by atoms with Crippen molar-refractivity contribution in [3.63, 3.8) is 0 Å². The van der Waals surface area contributed by atoms with Crippen LogP contribution in [0.15, 0.2) is 47.3 Å². The van der Waals surface area contributed by atoms with Crippen molar-refractivity contribution in [2.45, 2.75) is 33.9 Å². The maximum absolute atomic E-state index is 13.1. The number of aromatic amines is 1. The van der Waals surface area contributed by atoms with Gasteiger partial charge in [0.2, 0.25) is 0 Å². The molecule has 0 bridgehead atoms. The predicted octanol–water partition coefficient (Wildman–Crippen LogP) is 4.82. The van der Waals surface area contributed by atoms with Gasteiger partial charge >= 0.3 is 0 Å². The van der Waals surface area contributed by atoms with Crippen LogP contribution in [0.1, 0.15) is 29.3 Å². The molecule has 3 rings (SSSR count). The second-order valence-electron chi connectivity index (χ2n) is 6.49. The molecule has 3 aromatic rings. The Bertz CT molecular complexity index is 948. The summed E-state index contributed by atoms with van der Waals surface area (Å²) in [5, 5.41) is 1.27. The third-order valence-corrected chi connectivity index (χ3v) is 4.88. The zero-order chi connectivity index (χ0) is 18.0. The Kier molecular flexibility index (Phi) is 5.26. The molecule has 130 valence electrons. The number of nitrogens with one attached hydrogen (secondary N) is 1. The lowest BCUT2D eigenvalue weighted by Crippen LogP contribution is -2.27. The van der Waals surface area contributed by atoms with Crippen molar-refractivity contribution in [1.82, 2.24) is 9.88 Å². The van der Waals surface area contributed by atoms with Crippen molar-refractivity contribution in [2.24, 2.45) is 0 Å². The Morgan fingerprint density at radius 1 is 1.08 bits per heavy atom. The van der Waals surface area contributed by atoms with Crippen LogP contribution in [-0.2, 0) is 13.1 Å². The van der Waals surface area contributed by atoms with Gasteiger partial charge in [0, 0.05) is 34.8 Å². The van der Waals surface area contributed by atoms with E-state index in [1.807, 2.05) is 38.1 Å². The molecule has 0 radical (unpaired) electrons. The molecule has 0 saturated heterocycles. The molecule has 1 aromatic heterocycles. The van der Waals surface area contributed by atoms with Crippen molar-refractivity contribution in [3.8, 4) is 0 Å². The fraction of sp³-hybridized carbons (Fsp3) is 0.286. The number of aromatic nitrogens is 1. The quantitative estimate of drug-likeness (QED) is 0.713. The van der Waals surface area contributed by atoms with E-state index in [-0.39, 0.29) is 5.43 Å². The van der Waals surface area contributed by atoms with Crippen LogP contribution < -0.4 is 5.43 Å². The van der Waals surface area contributed by atoms with E-state index in [9.17, 15) is 4.79 Å². The highest BCUT2D eigenvalue weighted by atomic mass is 35.5. The van der Waals surface area contributed by atoms with Crippen LogP contribution in [0.2, 0.25) is 5.02 Å². The fourth-order valence-electron chi connectivity index (χ4n) is 3.22. The first-order valence-corrected chi connectivity index (χ1v) is 8.95. The lowest BCUT2D eigenvalue weighted by molar-refractivity contribution is 0.270. The molecular weight excluding hydrogens is 332 g/mol. The third kappa shape index (κ3) is 3.78. The highest BCUT2D eigenvalue weighted by Crippen LogP contribution is 2.21. The van der Waals surface area contributed by atoms with Crippen LogP contribution in [0.4, 0.5) is 0 Å². The zero-order valence-corrected chi connectivity index (χ0v) is 15.7. The van der Waals surface area contributed by atoms with Gasteiger partial charge in [0.25, 0.3) is 0 Å². The van der Waals surface area contributed by atoms with Gasteiger partial charge in [0.1, 0.15) is 0 Å². The molecule has 25 heavy (non-hydrogen) atoms. The molecule has 4 heteroatoms. The SMILES string of the molecule is CCN(Cc1ccccc1)Cc1c(C)[nH]c2c(C)cc(Cl)cc2c1=O. The summed E-state index contributed by atoms with van der Waals surface area (Å²) < 4.78 is 0. The molecule has 2 aromatic carbocycles. The molecule has 0 amide bonds. The highest BCUT2D eigenvalue weighted by molar-refractivity contribution is 6.31. The second-order valence-corrected chi connectivity index (χ2v) is 6.93. The molecule has 0 aliphatic heterocycles. The number of pyridine rings is 1. The van der Waals surface area contributed by atoms with Crippen molar-refractivity contribution < 1.29 is 0 Å². The van der Waals surface area contributed by atoms with Crippen LogP contribution in [0.5, 0.6) is 0 Å². The standard InChI is InChI=1S/C21H23ClN2O/c1-4-24(12-16-8-6-5-7-9-16)13-19-15(3)23-20-14(2)10-17(22)11-18(20)21(19)25/h5-11H,4,12-13H2,1-3H3,(H,23,25). The van der Waals surface area contributed by atoms with E-state index >= 15 is 0 Å². The summed E-state index contributed by atoms with van der Waals surface area (Å²) in [4.78, 5) is 18.7. The topological polar surface area (TPSA) is 36.1 Å². The van der Waals surface area contributed by atoms with Gasteiger partial charge in [-0.2, -0.15) is 0 Å². The summed E-state index contributed by atoms with van der Waals surface area (Å²) in [6.07, 6.45) is 0. The van der Waals surface area contributed by atoms with Crippen molar-refractivity contribution in [1.29, 1.82) is 0 Å². The van der Waals surface area contributed by atoms with E-state index in [1.54, 1.807) is 6.07 Å². The highest BCUT2D eigenvalue weighted by Gasteiger charge is 2.14. The molecule has 1 N–H and O–H groups in total. The van der Waals surface area contributed by atoms with Crippen molar-refractivity contribution in [3.05, 3.63) is 80.1 Å². The van der Waals surface area contributed by atoms with Gasteiger partial charge in [0.15, 0.2) is 5.43 Å². The minimum Gasteiger partial charge on any atom is -0.358 e. The molecule has 0 aliphatic carbocycles. The first-order chi connectivity index (χ1) is 12.0. The molecule has 0 aliphatic rings. The van der Waals surface area contributed by atoms with Gasteiger partial charge in [-0.1, -0.05) is 48.9 Å². The normalized spacial score (nSPS) is 11.4. The Balaban J connectivity index is 1.99. The Labute approximate surface area is 153 Å². The Hall–Kier alpha value is -2.10. The van der Waals surface area contributed by atoms with Gasteiger partial charge in [-0.3, -0.25) is 9.69 Å². The lowest BCUT2D eigenvalue weighted by Gasteiger charge is -2.21. The van der Waals surface area contributed by atoms with Crippen molar-refractivity contribution in [2.75, 3.05) is 6.54 Å². The Morgan fingerprint density at radius 2 is 1.80 bits per heavy atom. The van der Waals surface area contributed by atoms with Crippen LogP contribution in [-0.4, -0.2) is 16.4 Å². The van der Waals surface area contributed by atoms with Gasteiger partial charge in [-0.25, -0.2) is 0 Å². The number of halogens is 1. The summed E-state index contributed by atoms with van der Waals surface area (Å²) in [6.45, 7) is 8.38.